The van der Waals surface area contributed by atoms with Crippen molar-refractivity contribution < 1.29 is 14.4 Å². The van der Waals surface area contributed by atoms with Crippen molar-refractivity contribution in [1.29, 1.82) is 0 Å². The number of imide groups is 1. The van der Waals surface area contributed by atoms with Crippen molar-refractivity contribution in [2.45, 2.75) is 52.5 Å². The van der Waals surface area contributed by atoms with Crippen LogP contribution in [0.4, 0.5) is 10.5 Å². The monoisotopic (exact) mass is 397 g/mol. The van der Waals surface area contributed by atoms with E-state index in [0.29, 0.717) is 22.6 Å². The van der Waals surface area contributed by atoms with Crippen molar-refractivity contribution in [3.05, 3.63) is 46.8 Å². The highest BCUT2D eigenvalue weighted by atomic mass is 16.2. The van der Waals surface area contributed by atoms with Crippen LogP contribution in [0.1, 0.15) is 50.2 Å². The van der Waals surface area contributed by atoms with Crippen LogP contribution in [-0.4, -0.2) is 39.5 Å². The van der Waals surface area contributed by atoms with Gasteiger partial charge in [0.1, 0.15) is 12.1 Å². The first-order valence-electron chi connectivity index (χ1n) is 9.50. The number of rotatable bonds is 4. The van der Waals surface area contributed by atoms with Crippen molar-refractivity contribution in [1.82, 2.24) is 20.4 Å². The predicted molar refractivity (Wildman–Crippen MR) is 109 cm³/mol. The lowest BCUT2D eigenvalue weighted by molar-refractivity contribution is -0.133. The average molecular weight is 397 g/mol. The number of hydrogen-bond donors (Lipinski definition) is 3. The van der Waals surface area contributed by atoms with Crippen LogP contribution < -0.4 is 10.6 Å². The molecular formula is C21H27N5O3. The number of carbonyl (C=O) groups excluding carboxylic acids is 3. The average Bonchev–Trinajstić information content (AvgIpc) is 3.07. The SMILES string of the molecule is Cc1n[nH]c(C)c1NC(=O)CN1C(=O)N[C@@](C)(c2ccc(C(C)(C)C)cc2)C1=O. The molecule has 0 saturated carbocycles. The lowest BCUT2D eigenvalue weighted by atomic mass is 9.84. The number of urea groups is 1. The third-order valence-electron chi connectivity index (χ3n) is 5.30. The van der Waals surface area contributed by atoms with Gasteiger partial charge in [0.05, 0.1) is 17.1 Å². The zero-order chi connectivity index (χ0) is 21.6. The second-order valence-electron chi connectivity index (χ2n) is 8.63. The van der Waals surface area contributed by atoms with E-state index in [9.17, 15) is 14.4 Å². The number of anilines is 1. The largest absolute Gasteiger partial charge is 0.325 e. The van der Waals surface area contributed by atoms with Gasteiger partial charge < -0.3 is 10.6 Å². The highest BCUT2D eigenvalue weighted by Crippen LogP contribution is 2.31. The molecule has 0 radical (unpaired) electrons. The predicted octanol–water partition coefficient (Wildman–Crippen LogP) is 2.73. The molecule has 4 amide bonds. The summed E-state index contributed by atoms with van der Waals surface area (Å²) >= 11 is 0. The van der Waals surface area contributed by atoms with Crippen LogP contribution in [0.2, 0.25) is 0 Å². The number of aromatic nitrogens is 2. The Morgan fingerprint density at radius 1 is 1.17 bits per heavy atom. The summed E-state index contributed by atoms with van der Waals surface area (Å²) in [4.78, 5) is 38.9. The minimum absolute atomic E-state index is 0.0180. The molecule has 154 valence electrons. The first kappa shape index (κ1) is 20.6. The van der Waals surface area contributed by atoms with Gasteiger partial charge in [-0.05, 0) is 37.3 Å². The lowest BCUT2D eigenvalue weighted by Crippen LogP contribution is -2.42. The second-order valence-corrected chi connectivity index (χ2v) is 8.63. The first-order valence-corrected chi connectivity index (χ1v) is 9.50. The summed E-state index contributed by atoms with van der Waals surface area (Å²) in [6.45, 7) is 11.1. The van der Waals surface area contributed by atoms with E-state index in [2.05, 4.69) is 41.6 Å². The molecule has 1 aromatic heterocycles. The molecule has 1 fully saturated rings. The summed E-state index contributed by atoms with van der Waals surface area (Å²) in [6, 6.07) is 7.02. The maximum absolute atomic E-state index is 13.0. The molecular weight excluding hydrogens is 370 g/mol. The van der Waals surface area contributed by atoms with Crippen LogP contribution >= 0.6 is 0 Å². The molecule has 8 nitrogen and oxygen atoms in total. The molecule has 29 heavy (non-hydrogen) atoms. The first-order chi connectivity index (χ1) is 13.4. The number of benzene rings is 1. The molecule has 2 heterocycles. The zero-order valence-electron chi connectivity index (χ0n) is 17.6. The molecule has 1 atom stereocenters. The zero-order valence-corrected chi connectivity index (χ0v) is 17.6. The van der Waals surface area contributed by atoms with Gasteiger partial charge in [0, 0.05) is 0 Å². The Hall–Kier alpha value is -3.16. The summed E-state index contributed by atoms with van der Waals surface area (Å²) < 4.78 is 0. The van der Waals surface area contributed by atoms with Crippen molar-refractivity contribution in [2.24, 2.45) is 0 Å². The molecule has 8 heteroatoms. The van der Waals surface area contributed by atoms with Crippen molar-refractivity contribution in [3.8, 4) is 0 Å². The van der Waals surface area contributed by atoms with Crippen LogP contribution in [0.3, 0.4) is 0 Å². The molecule has 0 aliphatic carbocycles. The van der Waals surface area contributed by atoms with Crippen molar-refractivity contribution in [3.63, 3.8) is 0 Å². The van der Waals surface area contributed by atoms with Crippen molar-refractivity contribution >= 4 is 23.5 Å². The molecule has 0 spiro atoms. The number of nitrogens with one attached hydrogen (secondary N) is 3. The van der Waals surface area contributed by atoms with Gasteiger partial charge in [-0.2, -0.15) is 5.10 Å². The molecule has 0 unspecified atom stereocenters. The Kier molecular flexibility index (Phi) is 4.98. The number of aromatic amines is 1. The normalized spacial score (nSPS) is 19.4. The minimum atomic E-state index is -1.21. The van der Waals surface area contributed by atoms with Gasteiger partial charge in [-0.1, -0.05) is 45.0 Å². The second kappa shape index (κ2) is 7.02. The lowest BCUT2D eigenvalue weighted by Gasteiger charge is -2.24. The fourth-order valence-electron chi connectivity index (χ4n) is 3.40. The summed E-state index contributed by atoms with van der Waals surface area (Å²) in [5.74, 6) is -0.921. The van der Waals surface area contributed by atoms with Crippen LogP contribution in [-0.2, 0) is 20.5 Å². The van der Waals surface area contributed by atoms with Gasteiger partial charge in [0.15, 0.2) is 0 Å². The molecule has 1 aliphatic rings. The molecule has 1 aromatic carbocycles. The van der Waals surface area contributed by atoms with Gasteiger partial charge in [-0.3, -0.25) is 19.6 Å². The van der Waals surface area contributed by atoms with E-state index in [0.717, 1.165) is 10.5 Å². The van der Waals surface area contributed by atoms with Crippen molar-refractivity contribution in [2.75, 3.05) is 11.9 Å². The van der Waals surface area contributed by atoms with Gasteiger partial charge in [0.25, 0.3) is 5.91 Å². The quantitative estimate of drug-likeness (QED) is 0.690. The molecule has 0 bridgehead atoms. The van der Waals surface area contributed by atoms with Crippen LogP contribution in [0, 0.1) is 13.8 Å². The smallest absolute Gasteiger partial charge is 0.321 e. The maximum Gasteiger partial charge on any atom is 0.325 e. The van der Waals surface area contributed by atoms with E-state index >= 15 is 0 Å². The van der Waals surface area contributed by atoms with E-state index < -0.39 is 23.4 Å². The number of H-pyrrole nitrogens is 1. The highest BCUT2D eigenvalue weighted by Gasteiger charge is 2.49. The standard InChI is InChI=1S/C21H27N5O3/c1-12-17(13(2)25-24-12)22-16(27)11-26-18(28)21(6,23-19(26)29)15-9-7-14(8-10-15)20(3,4)5/h7-10H,11H2,1-6H3,(H,22,27)(H,23,29)(H,24,25)/t21-/m0/s1. The number of aryl methyl sites for hydroxylation is 2. The van der Waals surface area contributed by atoms with E-state index in [4.69, 9.17) is 0 Å². The summed E-state index contributed by atoms with van der Waals surface area (Å²) in [5.41, 5.74) is 2.47. The van der Waals surface area contributed by atoms with Gasteiger partial charge in [0.2, 0.25) is 5.91 Å². The third kappa shape index (κ3) is 3.74. The van der Waals surface area contributed by atoms with Crippen LogP contribution in [0.5, 0.6) is 0 Å². The Labute approximate surface area is 170 Å². The number of hydrogen-bond acceptors (Lipinski definition) is 4. The number of nitrogens with zero attached hydrogens (tertiary/aromatic N) is 2. The van der Waals surface area contributed by atoms with Gasteiger partial charge >= 0.3 is 6.03 Å². The van der Waals surface area contributed by atoms with Gasteiger partial charge in [-0.15, -0.1) is 0 Å². The Bertz CT molecular complexity index is 952. The summed E-state index contributed by atoms with van der Waals surface area (Å²) in [5, 5.41) is 12.2. The fourth-order valence-corrected chi connectivity index (χ4v) is 3.40. The Morgan fingerprint density at radius 3 is 2.31 bits per heavy atom. The summed E-state index contributed by atoms with van der Waals surface area (Å²) in [6.07, 6.45) is 0. The van der Waals surface area contributed by atoms with E-state index in [1.54, 1.807) is 20.8 Å². The topological polar surface area (TPSA) is 107 Å². The van der Waals surface area contributed by atoms with Gasteiger partial charge in [-0.25, -0.2) is 4.79 Å². The van der Waals surface area contributed by atoms with Crippen LogP contribution in [0.25, 0.3) is 0 Å². The van der Waals surface area contributed by atoms with Crippen LogP contribution in [0.15, 0.2) is 24.3 Å². The minimum Gasteiger partial charge on any atom is -0.321 e. The molecule has 3 N–H and O–H groups in total. The van der Waals surface area contributed by atoms with E-state index in [-0.39, 0.29) is 12.0 Å². The molecule has 1 aliphatic heterocycles. The fraction of sp³-hybridized carbons (Fsp3) is 0.429. The van der Waals surface area contributed by atoms with E-state index in [1.807, 2.05) is 24.3 Å². The molecule has 3 rings (SSSR count). The third-order valence-corrected chi connectivity index (χ3v) is 5.30. The Morgan fingerprint density at radius 2 is 1.79 bits per heavy atom. The molecule has 1 saturated heterocycles. The molecule has 2 aromatic rings. The maximum atomic E-state index is 13.0. The highest BCUT2D eigenvalue weighted by molar-refractivity contribution is 6.10. The summed E-state index contributed by atoms with van der Waals surface area (Å²) in [7, 11) is 0. The number of amides is 4. The Balaban J connectivity index is 1.77. The van der Waals surface area contributed by atoms with E-state index in [1.165, 1.54) is 0 Å². The number of carbonyl (C=O) groups is 3.